The Morgan fingerprint density at radius 2 is 1.56 bits per heavy atom. The van der Waals surface area contributed by atoms with Crippen molar-refractivity contribution in [3.63, 3.8) is 0 Å². The SMILES string of the molecule is CC(=O)Nc1cccc(NC(=O)C(=O)NC[C@@H](c2ccc(F)cc2)N2CCN(C)CC2)c1. The minimum atomic E-state index is -0.804. The lowest BCUT2D eigenvalue weighted by atomic mass is 10.0. The van der Waals surface area contributed by atoms with Gasteiger partial charge in [0.2, 0.25) is 5.91 Å². The van der Waals surface area contributed by atoms with Crippen LogP contribution in [0.15, 0.2) is 48.5 Å². The summed E-state index contributed by atoms with van der Waals surface area (Å²) in [6.07, 6.45) is 0. The van der Waals surface area contributed by atoms with Crippen molar-refractivity contribution in [2.75, 3.05) is 50.4 Å². The van der Waals surface area contributed by atoms with E-state index in [2.05, 4.69) is 32.8 Å². The number of rotatable bonds is 6. The summed E-state index contributed by atoms with van der Waals surface area (Å²) >= 11 is 0. The number of nitrogens with zero attached hydrogens (tertiary/aromatic N) is 2. The topological polar surface area (TPSA) is 93.8 Å². The van der Waals surface area contributed by atoms with Gasteiger partial charge >= 0.3 is 11.8 Å². The number of benzene rings is 2. The smallest absolute Gasteiger partial charge is 0.313 e. The number of carbonyl (C=O) groups is 3. The summed E-state index contributed by atoms with van der Waals surface area (Å²) in [5.74, 6) is -2.13. The second-order valence-electron chi connectivity index (χ2n) is 7.83. The number of halogens is 1. The lowest BCUT2D eigenvalue weighted by Crippen LogP contribution is -2.49. The highest BCUT2D eigenvalue weighted by atomic mass is 19.1. The van der Waals surface area contributed by atoms with Gasteiger partial charge in [-0.05, 0) is 42.9 Å². The summed E-state index contributed by atoms with van der Waals surface area (Å²) in [7, 11) is 2.05. The molecule has 2 aromatic rings. The highest BCUT2D eigenvalue weighted by molar-refractivity contribution is 6.39. The molecule has 1 heterocycles. The van der Waals surface area contributed by atoms with Crippen LogP contribution in [0.2, 0.25) is 0 Å². The van der Waals surface area contributed by atoms with E-state index in [4.69, 9.17) is 0 Å². The molecule has 0 spiro atoms. The van der Waals surface area contributed by atoms with Gasteiger partial charge in [-0.1, -0.05) is 18.2 Å². The van der Waals surface area contributed by atoms with Crippen molar-refractivity contribution in [2.24, 2.45) is 0 Å². The standard InChI is InChI=1S/C23H28FN5O3/c1-16(30)26-19-4-3-5-20(14-19)27-23(32)22(31)25-15-21(17-6-8-18(24)9-7-17)29-12-10-28(2)11-13-29/h3-9,14,21H,10-13,15H2,1-2H3,(H,25,31)(H,26,30)(H,27,32)/t21-/m0/s1. The fraction of sp³-hybridized carbons (Fsp3) is 0.348. The van der Waals surface area contributed by atoms with Crippen molar-refractivity contribution in [1.82, 2.24) is 15.1 Å². The van der Waals surface area contributed by atoms with Gasteiger partial charge in [-0.25, -0.2) is 4.39 Å². The Kier molecular flexibility index (Phi) is 7.91. The van der Waals surface area contributed by atoms with E-state index >= 15 is 0 Å². The first-order valence-electron chi connectivity index (χ1n) is 10.5. The van der Waals surface area contributed by atoms with Crippen molar-refractivity contribution in [3.05, 3.63) is 59.9 Å². The average Bonchev–Trinajstić information content (AvgIpc) is 2.76. The Morgan fingerprint density at radius 3 is 2.19 bits per heavy atom. The van der Waals surface area contributed by atoms with Gasteiger partial charge in [0.05, 0.1) is 6.04 Å². The van der Waals surface area contributed by atoms with Crippen LogP contribution in [0, 0.1) is 5.82 Å². The fourth-order valence-electron chi connectivity index (χ4n) is 3.61. The third-order valence-corrected chi connectivity index (χ3v) is 5.34. The molecule has 1 saturated heterocycles. The van der Waals surface area contributed by atoms with Crippen molar-refractivity contribution in [3.8, 4) is 0 Å². The molecule has 170 valence electrons. The van der Waals surface area contributed by atoms with Crippen LogP contribution in [-0.4, -0.2) is 67.3 Å². The number of amides is 3. The first-order valence-corrected chi connectivity index (χ1v) is 10.5. The molecule has 32 heavy (non-hydrogen) atoms. The number of piperazine rings is 1. The number of hydrogen-bond donors (Lipinski definition) is 3. The molecule has 1 atom stereocenters. The number of likely N-dealkylation sites (N-methyl/N-ethyl adjacent to an activating group) is 1. The van der Waals surface area contributed by atoms with Gasteiger partial charge in [0.25, 0.3) is 0 Å². The molecule has 1 aliphatic heterocycles. The molecular weight excluding hydrogens is 413 g/mol. The third-order valence-electron chi connectivity index (χ3n) is 5.34. The summed E-state index contributed by atoms with van der Waals surface area (Å²) in [6.45, 7) is 4.98. The largest absolute Gasteiger partial charge is 0.346 e. The molecule has 0 bridgehead atoms. The zero-order chi connectivity index (χ0) is 23.1. The van der Waals surface area contributed by atoms with E-state index in [-0.39, 0.29) is 24.3 Å². The fourth-order valence-corrected chi connectivity index (χ4v) is 3.61. The Hall–Kier alpha value is -3.30. The van der Waals surface area contributed by atoms with Crippen molar-refractivity contribution >= 4 is 29.1 Å². The van der Waals surface area contributed by atoms with Gasteiger partial charge < -0.3 is 20.9 Å². The zero-order valence-electron chi connectivity index (χ0n) is 18.2. The van der Waals surface area contributed by atoms with Crippen molar-refractivity contribution in [1.29, 1.82) is 0 Å². The normalized spacial score (nSPS) is 15.6. The van der Waals surface area contributed by atoms with Gasteiger partial charge in [-0.15, -0.1) is 0 Å². The monoisotopic (exact) mass is 441 g/mol. The zero-order valence-corrected chi connectivity index (χ0v) is 18.2. The van der Waals surface area contributed by atoms with Gasteiger partial charge in [0.1, 0.15) is 5.82 Å². The van der Waals surface area contributed by atoms with E-state index in [1.165, 1.54) is 19.1 Å². The lowest BCUT2D eigenvalue weighted by Gasteiger charge is -2.38. The van der Waals surface area contributed by atoms with Crippen LogP contribution in [0.1, 0.15) is 18.5 Å². The first-order chi connectivity index (χ1) is 15.3. The maximum absolute atomic E-state index is 13.4. The predicted molar refractivity (Wildman–Crippen MR) is 121 cm³/mol. The molecule has 0 radical (unpaired) electrons. The quantitative estimate of drug-likeness (QED) is 0.595. The Morgan fingerprint density at radius 1 is 0.938 bits per heavy atom. The lowest BCUT2D eigenvalue weighted by molar-refractivity contribution is -0.136. The maximum atomic E-state index is 13.4. The second kappa shape index (κ2) is 10.8. The molecule has 3 N–H and O–H groups in total. The van der Waals surface area contributed by atoms with E-state index < -0.39 is 11.8 Å². The Balaban J connectivity index is 1.63. The van der Waals surface area contributed by atoms with E-state index in [1.807, 2.05) is 0 Å². The molecule has 0 unspecified atom stereocenters. The Bertz CT molecular complexity index is 958. The van der Waals surface area contributed by atoms with Crippen LogP contribution in [0.4, 0.5) is 15.8 Å². The van der Waals surface area contributed by atoms with Gasteiger partial charge in [0.15, 0.2) is 0 Å². The van der Waals surface area contributed by atoms with Gasteiger partial charge in [-0.3, -0.25) is 19.3 Å². The molecule has 3 rings (SSSR count). The number of nitrogens with one attached hydrogen (secondary N) is 3. The molecule has 3 amide bonds. The summed E-state index contributed by atoms with van der Waals surface area (Å²) in [4.78, 5) is 40.5. The predicted octanol–water partition coefficient (Wildman–Crippen LogP) is 1.83. The maximum Gasteiger partial charge on any atom is 0.313 e. The van der Waals surface area contributed by atoms with E-state index in [9.17, 15) is 18.8 Å². The second-order valence-corrected chi connectivity index (χ2v) is 7.83. The Labute approximate surface area is 186 Å². The summed E-state index contributed by atoms with van der Waals surface area (Å²) in [6, 6.07) is 12.6. The molecule has 9 heteroatoms. The molecular formula is C23H28FN5O3. The van der Waals surface area contributed by atoms with Crippen molar-refractivity contribution in [2.45, 2.75) is 13.0 Å². The minimum Gasteiger partial charge on any atom is -0.346 e. The average molecular weight is 442 g/mol. The van der Waals surface area contributed by atoms with Crippen LogP contribution >= 0.6 is 0 Å². The first kappa shape index (κ1) is 23.4. The number of hydrogen-bond acceptors (Lipinski definition) is 5. The summed E-state index contributed by atoms with van der Waals surface area (Å²) in [5, 5.41) is 7.86. The molecule has 2 aromatic carbocycles. The summed E-state index contributed by atoms with van der Waals surface area (Å²) in [5.41, 5.74) is 1.78. The molecule has 0 aromatic heterocycles. The van der Waals surface area contributed by atoms with Crippen LogP contribution in [0.25, 0.3) is 0 Å². The van der Waals surface area contributed by atoms with Gasteiger partial charge in [-0.2, -0.15) is 0 Å². The number of anilines is 2. The minimum absolute atomic E-state index is 0.177. The van der Waals surface area contributed by atoms with E-state index in [0.717, 1.165) is 31.7 Å². The molecule has 8 nitrogen and oxygen atoms in total. The highest BCUT2D eigenvalue weighted by Gasteiger charge is 2.25. The van der Waals surface area contributed by atoms with Crippen LogP contribution in [0.5, 0.6) is 0 Å². The van der Waals surface area contributed by atoms with Crippen LogP contribution in [-0.2, 0) is 14.4 Å². The van der Waals surface area contributed by atoms with Crippen molar-refractivity contribution < 1.29 is 18.8 Å². The summed E-state index contributed by atoms with van der Waals surface area (Å²) < 4.78 is 13.4. The van der Waals surface area contributed by atoms with E-state index in [0.29, 0.717) is 11.4 Å². The molecule has 0 saturated carbocycles. The molecule has 0 aliphatic carbocycles. The molecule has 1 aliphatic rings. The third kappa shape index (κ3) is 6.60. The van der Waals surface area contributed by atoms with E-state index in [1.54, 1.807) is 36.4 Å². The highest BCUT2D eigenvalue weighted by Crippen LogP contribution is 2.22. The molecule has 1 fully saturated rings. The number of carbonyl (C=O) groups excluding carboxylic acids is 3. The van der Waals surface area contributed by atoms with Crippen LogP contribution in [0.3, 0.4) is 0 Å². The van der Waals surface area contributed by atoms with Crippen LogP contribution < -0.4 is 16.0 Å². The van der Waals surface area contributed by atoms with Gasteiger partial charge in [0, 0.05) is 51.0 Å².